The molecule has 1 atom stereocenters. The van der Waals surface area contributed by atoms with Crippen molar-refractivity contribution in [3.05, 3.63) is 34.1 Å². The third kappa shape index (κ3) is 2.24. The van der Waals surface area contributed by atoms with Gasteiger partial charge in [-0.05, 0) is 12.1 Å². The standard InChI is InChI=1S/C10H7BrF3NO2/c11-5-2-1-3-6(12)7(5)8-10(13,14)4-17-9(16)15-8/h1-3,8H,4H2,(H,15,16)/t8-/m0/s1. The largest absolute Gasteiger partial charge is 0.443 e. The summed E-state index contributed by atoms with van der Waals surface area (Å²) in [5.74, 6) is -4.18. The van der Waals surface area contributed by atoms with Crippen LogP contribution in [0.3, 0.4) is 0 Å². The van der Waals surface area contributed by atoms with Crippen molar-refractivity contribution in [3.8, 4) is 0 Å². The molecule has 0 aliphatic carbocycles. The highest BCUT2D eigenvalue weighted by Gasteiger charge is 2.48. The van der Waals surface area contributed by atoms with Gasteiger partial charge in [0, 0.05) is 10.0 Å². The number of amides is 1. The second-order valence-electron chi connectivity index (χ2n) is 3.55. The van der Waals surface area contributed by atoms with E-state index in [4.69, 9.17) is 0 Å². The van der Waals surface area contributed by atoms with Crippen molar-refractivity contribution in [2.75, 3.05) is 6.61 Å². The van der Waals surface area contributed by atoms with E-state index in [-0.39, 0.29) is 10.0 Å². The molecule has 0 unspecified atom stereocenters. The predicted octanol–water partition coefficient (Wildman–Crippen LogP) is 3.00. The van der Waals surface area contributed by atoms with Gasteiger partial charge in [0.2, 0.25) is 0 Å². The van der Waals surface area contributed by atoms with E-state index in [2.05, 4.69) is 20.7 Å². The summed E-state index contributed by atoms with van der Waals surface area (Å²) in [7, 11) is 0. The Morgan fingerprint density at radius 1 is 1.47 bits per heavy atom. The maximum absolute atomic E-state index is 13.6. The number of halogens is 4. The smallest absolute Gasteiger partial charge is 0.408 e. The minimum Gasteiger partial charge on any atom is -0.443 e. The number of carbonyl (C=O) groups is 1. The second-order valence-corrected chi connectivity index (χ2v) is 4.40. The number of rotatable bonds is 1. The first-order valence-electron chi connectivity index (χ1n) is 4.67. The molecule has 1 heterocycles. The van der Waals surface area contributed by atoms with Gasteiger partial charge in [0.25, 0.3) is 0 Å². The Balaban J connectivity index is 2.46. The average molecular weight is 310 g/mol. The van der Waals surface area contributed by atoms with Gasteiger partial charge in [-0.25, -0.2) is 18.0 Å². The summed E-state index contributed by atoms with van der Waals surface area (Å²) >= 11 is 2.99. The summed E-state index contributed by atoms with van der Waals surface area (Å²) in [6, 6.07) is 2.12. The average Bonchev–Trinajstić information content (AvgIpc) is 2.23. The number of nitrogens with one attached hydrogen (secondary N) is 1. The molecule has 1 N–H and O–H groups in total. The summed E-state index contributed by atoms with van der Waals surface area (Å²) in [6.45, 7) is -1.07. The molecular formula is C10H7BrF3NO2. The maximum atomic E-state index is 13.6. The fourth-order valence-corrected chi connectivity index (χ4v) is 2.15. The van der Waals surface area contributed by atoms with Crippen LogP contribution < -0.4 is 5.32 Å². The number of alkyl carbamates (subject to hydrolysis) is 1. The van der Waals surface area contributed by atoms with E-state index in [9.17, 15) is 18.0 Å². The normalized spacial score (nSPS) is 22.8. The number of hydrogen-bond donors (Lipinski definition) is 1. The van der Waals surface area contributed by atoms with Gasteiger partial charge < -0.3 is 10.1 Å². The highest BCUT2D eigenvalue weighted by Crippen LogP contribution is 2.38. The van der Waals surface area contributed by atoms with Crippen molar-refractivity contribution >= 4 is 22.0 Å². The molecule has 2 rings (SSSR count). The maximum Gasteiger partial charge on any atom is 0.408 e. The van der Waals surface area contributed by atoms with Crippen LogP contribution in [0.15, 0.2) is 22.7 Å². The lowest BCUT2D eigenvalue weighted by Crippen LogP contribution is -2.50. The topological polar surface area (TPSA) is 38.3 Å². The molecule has 1 fully saturated rings. The van der Waals surface area contributed by atoms with Crippen LogP contribution in [-0.4, -0.2) is 18.6 Å². The van der Waals surface area contributed by atoms with Crippen LogP contribution in [0.2, 0.25) is 0 Å². The molecule has 0 spiro atoms. The molecule has 0 bridgehead atoms. The fourth-order valence-electron chi connectivity index (χ4n) is 1.58. The zero-order chi connectivity index (χ0) is 12.6. The molecule has 1 aliphatic heterocycles. The lowest BCUT2D eigenvalue weighted by Gasteiger charge is -2.32. The Hall–Kier alpha value is -1.24. The molecular weight excluding hydrogens is 303 g/mol. The van der Waals surface area contributed by atoms with Crippen LogP contribution in [-0.2, 0) is 4.74 Å². The van der Waals surface area contributed by atoms with Gasteiger partial charge in [-0.2, -0.15) is 0 Å². The van der Waals surface area contributed by atoms with Crippen LogP contribution in [0.5, 0.6) is 0 Å². The van der Waals surface area contributed by atoms with E-state index >= 15 is 0 Å². The van der Waals surface area contributed by atoms with Crippen LogP contribution in [0.25, 0.3) is 0 Å². The number of carbonyl (C=O) groups excluding carboxylic acids is 1. The molecule has 1 amide bonds. The number of ether oxygens (including phenoxy) is 1. The van der Waals surface area contributed by atoms with E-state index in [1.165, 1.54) is 12.1 Å². The first-order chi connectivity index (χ1) is 7.92. The second kappa shape index (κ2) is 4.21. The van der Waals surface area contributed by atoms with Crippen LogP contribution >= 0.6 is 15.9 Å². The molecule has 92 valence electrons. The summed E-state index contributed by atoms with van der Waals surface area (Å²) in [4.78, 5) is 11.0. The number of hydrogen-bond acceptors (Lipinski definition) is 2. The third-order valence-corrected chi connectivity index (χ3v) is 3.06. The minimum absolute atomic E-state index is 0.171. The summed E-state index contributed by atoms with van der Waals surface area (Å²) < 4.78 is 45.0. The Morgan fingerprint density at radius 3 is 2.82 bits per heavy atom. The SMILES string of the molecule is O=C1N[C@@H](c2c(F)cccc2Br)C(F)(F)CO1. The lowest BCUT2D eigenvalue weighted by atomic mass is 9.99. The quantitative estimate of drug-likeness (QED) is 0.866. The van der Waals surface area contributed by atoms with Crippen molar-refractivity contribution in [2.24, 2.45) is 0 Å². The minimum atomic E-state index is -3.36. The van der Waals surface area contributed by atoms with E-state index in [0.29, 0.717) is 0 Å². The first kappa shape index (κ1) is 12.2. The van der Waals surface area contributed by atoms with Crippen LogP contribution in [0, 0.1) is 5.82 Å². The molecule has 0 radical (unpaired) electrons. The van der Waals surface area contributed by atoms with E-state index in [1.807, 2.05) is 5.32 Å². The van der Waals surface area contributed by atoms with Crippen molar-refractivity contribution in [1.29, 1.82) is 0 Å². The predicted molar refractivity (Wildman–Crippen MR) is 56.3 cm³/mol. The molecule has 1 aromatic rings. The lowest BCUT2D eigenvalue weighted by molar-refractivity contribution is -0.105. The molecule has 0 saturated carbocycles. The fraction of sp³-hybridized carbons (Fsp3) is 0.300. The molecule has 1 saturated heterocycles. The van der Waals surface area contributed by atoms with Gasteiger partial charge in [0.1, 0.15) is 11.9 Å². The number of alkyl halides is 2. The van der Waals surface area contributed by atoms with Crippen molar-refractivity contribution in [2.45, 2.75) is 12.0 Å². The third-order valence-electron chi connectivity index (χ3n) is 2.37. The van der Waals surface area contributed by atoms with Gasteiger partial charge in [-0.1, -0.05) is 22.0 Å². The Morgan fingerprint density at radius 2 is 2.18 bits per heavy atom. The number of cyclic esters (lactones) is 1. The van der Waals surface area contributed by atoms with Gasteiger partial charge >= 0.3 is 12.0 Å². The van der Waals surface area contributed by atoms with Crippen LogP contribution in [0.4, 0.5) is 18.0 Å². The molecule has 7 heteroatoms. The molecule has 17 heavy (non-hydrogen) atoms. The van der Waals surface area contributed by atoms with Gasteiger partial charge in [0.05, 0.1) is 0 Å². The van der Waals surface area contributed by atoms with E-state index in [0.717, 1.165) is 6.07 Å². The monoisotopic (exact) mass is 309 g/mol. The Bertz CT molecular complexity index is 447. The molecule has 1 aromatic carbocycles. The number of benzene rings is 1. The Kier molecular flexibility index (Phi) is 3.03. The molecule has 3 nitrogen and oxygen atoms in total. The van der Waals surface area contributed by atoms with Gasteiger partial charge in [-0.3, -0.25) is 0 Å². The Labute approximate surface area is 103 Å². The van der Waals surface area contributed by atoms with Crippen LogP contribution in [0.1, 0.15) is 11.6 Å². The first-order valence-corrected chi connectivity index (χ1v) is 5.46. The zero-order valence-electron chi connectivity index (χ0n) is 8.34. The van der Waals surface area contributed by atoms with Crippen molar-refractivity contribution in [1.82, 2.24) is 5.32 Å². The van der Waals surface area contributed by atoms with E-state index < -0.39 is 30.5 Å². The van der Waals surface area contributed by atoms with Gasteiger partial charge in [0.15, 0.2) is 6.61 Å². The molecule has 1 aliphatic rings. The summed E-state index contributed by atoms with van der Waals surface area (Å²) in [5.41, 5.74) is -0.283. The summed E-state index contributed by atoms with van der Waals surface area (Å²) in [6.07, 6.45) is -0.990. The molecule has 0 aromatic heterocycles. The van der Waals surface area contributed by atoms with Crippen molar-refractivity contribution < 1.29 is 22.7 Å². The van der Waals surface area contributed by atoms with Gasteiger partial charge in [-0.15, -0.1) is 0 Å². The van der Waals surface area contributed by atoms with E-state index in [1.54, 1.807) is 0 Å². The summed E-state index contributed by atoms with van der Waals surface area (Å²) in [5, 5.41) is 1.92. The van der Waals surface area contributed by atoms with Crippen molar-refractivity contribution in [3.63, 3.8) is 0 Å². The highest BCUT2D eigenvalue weighted by atomic mass is 79.9. The highest BCUT2D eigenvalue weighted by molar-refractivity contribution is 9.10. The zero-order valence-corrected chi connectivity index (χ0v) is 9.93.